The number of imidazole rings is 1. The van der Waals surface area contributed by atoms with E-state index in [1.807, 2.05) is 29.0 Å². The number of hydrogen-bond acceptors (Lipinski definition) is 6. The van der Waals surface area contributed by atoms with Crippen molar-refractivity contribution in [1.82, 2.24) is 14.5 Å². The van der Waals surface area contributed by atoms with Crippen LogP contribution < -0.4 is 28.9 Å². The van der Waals surface area contributed by atoms with Gasteiger partial charge in [-0.1, -0.05) is 18.2 Å². The van der Waals surface area contributed by atoms with E-state index in [0.29, 0.717) is 5.56 Å². The van der Waals surface area contributed by atoms with E-state index in [-0.39, 0.29) is 25.3 Å². The third-order valence-corrected chi connectivity index (χ3v) is 5.53. The zero-order chi connectivity index (χ0) is 21.2. The molecule has 0 aliphatic carbocycles. The topological polar surface area (TPSA) is 83.3 Å². The van der Waals surface area contributed by atoms with Gasteiger partial charge in [-0.05, 0) is 47.5 Å². The van der Waals surface area contributed by atoms with Crippen LogP contribution in [0.15, 0.2) is 67.1 Å². The van der Waals surface area contributed by atoms with Gasteiger partial charge in [-0.15, -0.1) is 0 Å². The number of benzene rings is 2. The van der Waals surface area contributed by atoms with Gasteiger partial charge in [-0.25, -0.2) is 9.97 Å². The van der Waals surface area contributed by atoms with Crippen molar-refractivity contribution < 1.29 is 33.5 Å². The summed E-state index contributed by atoms with van der Waals surface area (Å²) in [5, 5.41) is 10.8. The molecule has 0 radical (unpaired) electrons. The Hall–Kier alpha value is -3.11. The number of carboxylic acids is 1. The Balaban J connectivity index is 0.00000245. The van der Waals surface area contributed by atoms with E-state index in [1.165, 1.54) is 0 Å². The van der Waals surface area contributed by atoms with E-state index in [2.05, 4.69) is 39.1 Å². The van der Waals surface area contributed by atoms with E-state index >= 15 is 0 Å². The number of morpholine rings is 1. The Morgan fingerprint density at radius 3 is 2.41 bits per heavy atom. The van der Waals surface area contributed by atoms with Gasteiger partial charge in [0.05, 0.1) is 24.2 Å². The van der Waals surface area contributed by atoms with E-state index in [1.54, 1.807) is 18.5 Å². The molecule has 0 amide bonds. The molecule has 8 heteroatoms. The molecule has 0 bridgehead atoms. The third kappa shape index (κ3) is 4.56. The van der Waals surface area contributed by atoms with Crippen molar-refractivity contribution in [3.8, 4) is 16.8 Å². The number of aliphatic carboxylic acids is 1. The Morgan fingerprint density at radius 2 is 1.72 bits per heavy atom. The average molecular weight is 420 g/mol. The molecule has 4 aromatic rings. The number of aromatic nitrogens is 3. The van der Waals surface area contributed by atoms with Gasteiger partial charge in [-0.2, -0.15) is 0 Å². The van der Waals surface area contributed by atoms with Crippen LogP contribution in [0.4, 0.5) is 5.82 Å². The number of rotatable bonds is 5. The van der Waals surface area contributed by atoms with Crippen molar-refractivity contribution >= 4 is 22.8 Å². The number of pyridine rings is 1. The molecule has 1 aliphatic heterocycles. The molecule has 5 rings (SSSR count). The molecule has 2 aromatic heterocycles. The van der Waals surface area contributed by atoms with Crippen LogP contribution in [-0.2, 0) is 16.0 Å². The Bertz CT molecular complexity index is 1220. The maximum atomic E-state index is 10.8. The summed E-state index contributed by atoms with van der Waals surface area (Å²) < 4.78 is 7.39. The maximum absolute atomic E-state index is 10.8. The fraction of sp³-hybridized carbons (Fsp3) is 0.208. The van der Waals surface area contributed by atoms with E-state index in [0.717, 1.165) is 60.0 Å². The fourth-order valence-electron chi connectivity index (χ4n) is 3.88. The van der Waals surface area contributed by atoms with Crippen LogP contribution in [0.1, 0.15) is 5.56 Å². The first-order valence-corrected chi connectivity index (χ1v) is 10.2. The predicted octanol–water partition coefficient (Wildman–Crippen LogP) is -0.779. The van der Waals surface area contributed by atoms with Gasteiger partial charge in [0.2, 0.25) is 0 Å². The first-order chi connectivity index (χ1) is 15.2. The molecule has 0 N–H and O–H groups in total. The number of hydrogen-bond donors (Lipinski definition) is 0. The number of fused-ring (bicyclic) bond motifs is 1. The second-order valence-corrected chi connectivity index (χ2v) is 7.54. The zero-order valence-corrected chi connectivity index (χ0v) is 17.9. The minimum absolute atomic E-state index is 0. The van der Waals surface area contributed by atoms with Crippen LogP contribution in [0.5, 0.6) is 0 Å². The summed E-state index contributed by atoms with van der Waals surface area (Å²) in [7, 11) is 0. The molecule has 0 saturated carbocycles. The van der Waals surface area contributed by atoms with E-state index in [9.17, 15) is 9.90 Å². The quantitative estimate of drug-likeness (QED) is 0.394. The molecule has 1 fully saturated rings. The van der Waals surface area contributed by atoms with Crippen LogP contribution in [0.3, 0.4) is 0 Å². The molecule has 7 nitrogen and oxygen atoms in total. The van der Waals surface area contributed by atoms with Gasteiger partial charge >= 0.3 is 18.9 Å². The van der Waals surface area contributed by atoms with Gasteiger partial charge < -0.3 is 19.5 Å². The number of nitrogens with zero attached hydrogens (tertiary/aromatic N) is 4. The number of anilines is 1. The number of carboxylic acid groups (broad SMARTS) is 1. The number of carbonyl (C=O) groups is 1. The molecule has 1 saturated heterocycles. The monoisotopic (exact) mass is 420 g/mol. The normalized spacial score (nSPS) is 13.7. The second-order valence-electron chi connectivity index (χ2n) is 7.54. The van der Waals surface area contributed by atoms with Crippen LogP contribution in [0.25, 0.3) is 27.8 Å². The van der Waals surface area contributed by atoms with Crippen LogP contribution >= 0.6 is 0 Å². The van der Waals surface area contributed by atoms with Gasteiger partial charge in [-0.3, -0.25) is 4.57 Å². The molecule has 3 heterocycles. The molecule has 32 heavy (non-hydrogen) atoms. The van der Waals surface area contributed by atoms with Crippen molar-refractivity contribution in [2.45, 2.75) is 6.42 Å². The summed E-state index contributed by atoms with van der Waals surface area (Å²) in [6.07, 6.45) is 3.59. The van der Waals surface area contributed by atoms with Crippen LogP contribution in [-0.4, -0.2) is 46.8 Å². The number of ether oxygens (including phenoxy) is 1. The third-order valence-electron chi connectivity index (χ3n) is 5.53. The van der Waals surface area contributed by atoms with Crippen molar-refractivity contribution in [2.75, 3.05) is 31.2 Å². The second kappa shape index (κ2) is 9.57. The first-order valence-electron chi connectivity index (χ1n) is 10.2. The van der Waals surface area contributed by atoms with Crippen molar-refractivity contribution in [1.29, 1.82) is 0 Å². The molecule has 0 atom stereocenters. The standard InChI is InChI=1S/C24H22N4O3.Li/c29-24(30)13-17-1-5-20(6-2-17)28-16-26-21-14-18(3-7-22(21)28)19-4-8-23(25-15-19)27-9-11-31-12-10-27;/h1-8,14-16H,9-13H2,(H,29,30);/q;+1/p-1. The van der Waals surface area contributed by atoms with Crippen LogP contribution in [0.2, 0.25) is 0 Å². The minimum atomic E-state index is -1.08. The van der Waals surface area contributed by atoms with Gasteiger partial charge in [0.1, 0.15) is 12.1 Å². The molecule has 0 spiro atoms. The van der Waals surface area contributed by atoms with E-state index < -0.39 is 5.97 Å². The summed E-state index contributed by atoms with van der Waals surface area (Å²) in [6, 6.07) is 17.7. The predicted molar refractivity (Wildman–Crippen MR) is 116 cm³/mol. The largest absolute Gasteiger partial charge is 1.00 e. The summed E-state index contributed by atoms with van der Waals surface area (Å²) >= 11 is 0. The summed E-state index contributed by atoms with van der Waals surface area (Å²) in [6.45, 7) is 3.21. The summed E-state index contributed by atoms with van der Waals surface area (Å²) in [4.78, 5) is 22.2. The van der Waals surface area contributed by atoms with Crippen molar-refractivity contribution in [2.24, 2.45) is 0 Å². The molecule has 2 aromatic carbocycles. The minimum Gasteiger partial charge on any atom is -0.550 e. The van der Waals surface area contributed by atoms with E-state index in [4.69, 9.17) is 4.74 Å². The first kappa shape index (κ1) is 22.1. The Morgan fingerprint density at radius 1 is 0.969 bits per heavy atom. The molecular weight excluding hydrogens is 399 g/mol. The zero-order valence-electron chi connectivity index (χ0n) is 17.9. The summed E-state index contributed by atoms with van der Waals surface area (Å²) in [5.41, 5.74) is 5.60. The van der Waals surface area contributed by atoms with Gasteiger partial charge in [0.15, 0.2) is 0 Å². The summed E-state index contributed by atoms with van der Waals surface area (Å²) in [5.74, 6) is -0.111. The smallest absolute Gasteiger partial charge is 0.550 e. The van der Waals surface area contributed by atoms with Crippen LogP contribution in [0, 0.1) is 0 Å². The van der Waals surface area contributed by atoms with Gasteiger partial charge in [0.25, 0.3) is 0 Å². The Kier molecular flexibility index (Phi) is 6.61. The molecule has 1 aliphatic rings. The molecule has 0 unspecified atom stereocenters. The average Bonchev–Trinajstić information content (AvgIpc) is 3.23. The van der Waals surface area contributed by atoms with Crippen molar-refractivity contribution in [3.63, 3.8) is 0 Å². The Labute approximate surface area is 197 Å². The SMILES string of the molecule is O=C([O-])Cc1ccc(-n2cnc3cc(-c4ccc(N5CCOCC5)nc4)ccc32)cc1.[Li+]. The number of carbonyl (C=O) groups excluding carboxylic acids is 1. The maximum Gasteiger partial charge on any atom is 1.00 e. The van der Waals surface area contributed by atoms with Crippen molar-refractivity contribution in [3.05, 3.63) is 72.7 Å². The fourth-order valence-corrected chi connectivity index (χ4v) is 3.88. The molecular formula is C24H21LiN4O3. The van der Waals surface area contributed by atoms with Gasteiger partial charge in [0, 0.05) is 42.9 Å². The molecule has 156 valence electrons.